The summed E-state index contributed by atoms with van der Waals surface area (Å²) < 4.78 is 76.0. The average Bonchev–Trinajstić information content (AvgIpc) is 3.07. The molecule has 6 aromatic carbocycles. The number of nitrogens with zero attached hydrogens (tertiary/aromatic N) is 4. The number of phenols is 1. The van der Waals surface area contributed by atoms with E-state index in [1.54, 1.807) is 12.1 Å². The zero-order valence-corrected chi connectivity index (χ0v) is 30.5. The minimum absolute atomic E-state index is 0. The van der Waals surface area contributed by atoms with Crippen molar-refractivity contribution in [2.75, 3.05) is 5.32 Å². The summed E-state index contributed by atoms with van der Waals surface area (Å²) in [5, 5.41) is 34.9. The van der Waals surface area contributed by atoms with E-state index in [9.17, 15) is 5.11 Å². The van der Waals surface area contributed by atoms with Crippen LogP contribution in [0.25, 0.3) is 21.5 Å². The van der Waals surface area contributed by atoms with Crippen LogP contribution in [0.1, 0.15) is 0 Å². The quantitative estimate of drug-likeness (QED) is 0.104. The summed E-state index contributed by atoms with van der Waals surface area (Å²) in [6.07, 6.45) is 0. The second kappa shape index (κ2) is 25.3. The molecule has 254 valence electrons. The fourth-order valence-corrected chi connectivity index (χ4v) is 4.12. The van der Waals surface area contributed by atoms with E-state index in [1.807, 2.05) is 97.1 Å². The van der Waals surface area contributed by atoms with Gasteiger partial charge in [0.2, 0.25) is 0 Å². The monoisotopic (exact) mass is 751 g/mol. The number of hydrogen-bond donors (Lipinski definition) is 2. The molecule has 0 aliphatic rings. The molecule has 53 heavy (non-hydrogen) atoms. The van der Waals surface area contributed by atoms with Gasteiger partial charge in [-0.25, -0.2) is 5.11 Å². The number of para-hydroxylation sites is 1. The topological polar surface area (TPSA) is 235 Å². The van der Waals surface area contributed by atoms with Gasteiger partial charge in [-0.15, -0.1) is 49.3 Å². The molecule has 0 aliphatic carbocycles. The van der Waals surface area contributed by atoms with Crippen LogP contribution in [0.15, 0.2) is 130 Å². The third kappa shape index (κ3) is 17.1. The molecular formula is C32H20Li3N5O10S3. The smallest absolute Gasteiger partial charge is 0.563 e. The minimum Gasteiger partial charge on any atom is -0.563 e. The second-order valence-electron chi connectivity index (χ2n) is 9.13. The number of phenolic OH excluding ortho intramolecular Hbond substituents is 1. The van der Waals surface area contributed by atoms with Gasteiger partial charge in [-0.3, -0.25) is 0 Å². The van der Waals surface area contributed by atoms with Crippen molar-refractivity contribution < 1.29 is 99.6 Å². The van der Waals surface area contributed by atoms with Gasteiger partial charge in [-0.05, 0) is 36.0 Å². The van der Waals surface area contributed by atoms with E-state index >= 15 is 0 Å². The fourth-order valence-electron chi connectivity index (χ4n) is 4.12. The van der Waals surface area contributed by atoms with Crippen molar-refractivity contribution >= 4 is 87.5 Å². The summed E-state index contributed by atoms with van der Waals surface area (Å²) in [5.41, 5.74) is 4.21. The maximum atomic E-state index is 10.9. The molecule has 0 aliphatic heterocycles. The van der Waals surface area contributed by atoms with E-state index in [1.165, 1.54) is 0 Å². The summed E-state index contributed by atoms with van der Waals surface area (Å²) in [6, 6.07) is 43.2. The Morgan fingerprint density at radius 1 is 0.528 bits per heavy atom. The number of hydrogen-bond acceptors (Lipinski definition) is 15. The molecule has 0 bridgehead atoms. The normalized spacial score (nSPS) is 9.66. The second-order valence-corrected chi connectivity index (χ2v) is 10.4. The van der Waals surface area contributed by atoms with Crippen molar-refractivity contribution in [3.8, 4) is 5.75 Å². The van der Waals surface area contributed by atoms with Crippen LogP contribution in [0.4, 0.5) is 34.1 Å². The standard InChI is InChI=1S/C32H20N5O.3Li.3O3S/c38-32-26-17-16-25(33-23-9-3-1-4-10-23)21-22(26)15-18-31(32)37-36-30-20-19-29(27-13-7-8-14-28(27)30)35-34-24-11-5-2-6-12-24;;;;3*1-4(2)3/h1-5,8-17,19-21,33,38H;;;;;;/q-3;3*+1;;;. The van der Waals surface area contributed by atoms with Gasteiger partial charge >= 0.3 is 88.4 Å². The van der Waals surface area contributed by atoms with Crippen LogP contribution < -0.4 is 61.9 Å². The first-order chi connectivity index (χ1) is 23.9. The minimum atomic E-state index is -3.11. The van der Waals surface area contributed by atoms with E-state index < -0.39 is 31.8 Å². The molecule has 0 radical (unpaired) electrons. The molecule has 0 fully saturated rings. The summed E-state index contributed by atoms with van der Waals surface area (Å²) in [5.74, 6) is 0.0280. The van der Waals surface area contributed by atoms with Crippen molar-refractivity contribution in [2.24, 2.45) is 20.5 Å². The average molecular weight is 752 g/mol. The van der Waals surface area contributed by atoms with E-state index in [4.69, 9.17) is 37.9 Å². The van der Waals surface area contributed by atoms with E-state index in [0.29, 0.717) is 16.8 Å². The van der Waals surface area contributed by atoms with Crippen LogP contribution >= 0.6 is 0 Å². The Labute approximate surface area is 343 Å². The summed E-state index contributed by atoms with van der Waals surface area (Å²) in [4.78, 5) is 0. The van der Waals surface area contributed by atoms with Gasteiger partial charge in [0.05, 0.1) is 5.69 Å². The molecular weight excluding hydrogens is 731 g/mol. The van der Waals surface area contributed by atoms with Crippen molar-refractivity contribution in [2.45, 2.75) is 0 Å². The van der Waals surface area contributed by atoms with Gasteiger partial charge in [0.15, 0.2) is 0 Å². The molecule has 0 unspecified atom stereocenters. The molecule has 6 aromatic rings. The first-order valence-electron chi connectivity index (χ1n) is 13.5. The Morgan fingerprint density at radius 2 is 1.11 bits per heavy atom. The zero-order chi connectivity index (χ0) is 36.5. The Morgan fingerprint density at radius 3 is 1.72 bits per heavy atom. The predicted molar refractivity (Wildman–Crippen MR) is 180 cm³/mol. The summed E-state index contributed by atoms with van der Waals surface area (Å²) in [6.45, 7) is 0. The SMILES string of the molecule is O=S(=O)=O.O=S(=O)=O.O=S(=O)=O.Oc1c(N=Nc2ccc(N=Nc3c[c-]ccc3)c3c[c-]ccc23)[c-]cc2cc(Nc3ccccc3)ccc12.[Li+].[Li+].[Li+]. The van der Waals surface area contributed by atoms with Crippen LogP contribution in [0.5, 0.6) is 5.75 Å². The maximum Gasteiger partial charge on any atom is 1.00 e. The maximum absolute atomic E-state index is 10.9. The molecule has 15 nitrogen and oxygen atoms in total. The molecule has 0 aromatic heterocycles. The number of azo groups is 2. The fraction of sp³-hybridized carbons (Fsp3) is 0. The predicted octanol–water partition coefficient (Wildman–Crippen LogP) is -2.33. The largest absolute Gasteiger partial charge is 1.00 e. The molecule has 0 heterocycles. The van der Waals surface area contributed by atoms with Crippen molar-refractivity contribution in [1.29, 1.82) is 0 Å². The van der Waals surface area contributed by atoms with E-state index in [-0.39, 0.29) is 68.0 Å². The Balaban J connectivity index is 0.00000159. The number of nitrogens with one attached hydrogen (secondary N) is 1. The van der Waals surface area contributed by atoms with Crippen LogP contribution in [0, 0.1) is 18.2 Å². The van der Waals surface area contributed by atoms with Crippen molar-refractivity contribution in [1.82, 2.24) is 0 Å². The molecule has 0 spiro atoms. The van der Waals surface area contributed by atoms with Crippen molar-refractivity contribution in [3.63, 3.8) is 0 Å². The molecule has 0 atom stereocenters. The molecule has 0 saturated carbocycles. The number of rotatable bonds is 6. The number of fused-ring (bicyclic) bond motifs is 2. The van der Waals surface area contributed by atoms with Gasteiger partial charge in [-0.2, -0.15) is 76.0 Å². The molecule has 2 N–H and O–H groups in total. The number of anilines is 2. The molecule has 6 rings (SSSR count). The van der Waals surface area contributed by atoms with Gasteiger partial charge in [-0.1, -0.05) is 46.5 Å². The molecule has 0 saturated heterocycles. The van der Waals surface area contributed by atoms with E-state index in [2.05, 4.69) is 44.0 Å². The number of aromatic hydroxyl groups is 1. The molecule has 21 heteroatoms. The van der Waals surface area contributed by atoms with Crippen LogP contribution in [0.3, 0.4) is 0 Å². The third-order valence-corrected chi connectivity index (χ3v) is 5.99. The van der Waals surface area contributed by atoms with Crippen LogP contribution in [-0.2, 0) is 31.8 Å². The van der Waals surface area contributed by atoms with Gasteiger partial charge in [0.25, 0.3) is 0 Å². The molecule has 0 amide bonds. The van der Waals surface area contributed by atoms with Crippen LogP contribution in [0.2, 0.25) is 0 Å². The third-order valence-electron chi connectivity index (χ3n) is 5.99. The Kier molecular flexibility index (Phi) is 23.1. The summed E-state index contributed by atoms with van der Waals surface area (Å²) >= 11 is 0. The van der Waals surface area contributed by atoms with Crippen molar-refractivity contribution in [3.05, 3.63) is 127 Å². The van der Waals surface area contributed by atoms with Gasteiger partial charge in [0.1, 0.15) is 0 Å². The van der Waals surface area contributed by atoms with Crippen LogP contribution in [-0.4, -0.2) is 43.0 Å². The Bertz CT molecular complexity index is 2430. The zero-order valence-electron chi connectivity index (χ0n) is 28.0. The first kappa shape index (κ1) is 48.3. The number of benzene rings is 6. The van der Waals surface area contributed by atoms with Gasteiger partial charge < -0.3 is 10.4 Å². The first-order valence-corrected chi connectivity index (χ1v) is 16.5. The van der Waals surface area contributed by atoms with E-state index in [0.717, 1.165) is 33.2 Å². The Hall–Kier alpha value is -4.71. The van der Waals surface area contributed by atoms with Gasteiger partial charge in [0, 0.05) is 28.5 Å². The summed E-state index contributed by atoms with van der Waals surface area (Å²) in [7, 11) is -9.33.